The van der Waals surface area contributed by atoms with Gasteiger partial charge in [0, 0.05) is 22.4 Å². The number of nitrogens with zero attached hydrogens (tertiary/aromatic N) is 2. The Hall–Kier alpha value is -1.29. The first kappa shape index (κ1) is 16.6. The molecule has 1 N–H and O–H groups in total. The predicted molar refractivity (Wildman–Crippen MR) is 94.6 cm³/mol. The van der Waals surface area contributed by atoms with E-state index in [0.29, 0.717) is 16.6 Å². The summed E-state index contributed by atoms with van der Waals surface area (Å²) in [6.45, 7) is 4.69. The molecule has 1 heterocycles. The third-order valence-electron chi connectivity index (χ3n) is 4.93. The Balaban J connectivity index is 2.01. The molecule has 1 atom stereocenters. The second kappa shape index (κ2) is 5.97. The Morgan fingerprint density at radius 2 is 2.13 bits per heavy atom. The standard InChI is InChI=1S/C18H20Cl2N2O/c1-17(2)6-5-14(9-13-3-4-15(19)10-16(13)20)18(17,23)11-22-8-7-21-12-22/h3-4,7-10,12,23H,5-6,11H2,1-2H3. The summed E-state index contributed by atoms with van der Waals surface area (Å²) in [5.41, 5.74) is 0.729. The molecule has 1 unspecified atom stereocenters. The van der Waals surface area contributed by atoms with E-state index in [1.807, 2.05) is 29.0 Å². The third kappa shape index (κ3) is 3.06. The van der Waals surface area contributed by atoms with Crippen molar-refractivity contribution in [2.24, 2.45) is 5.41 Å². The summed E-state index contributed by atoms with van der Waals surface area (Å²) in [6.07, 6.45) is 9.11. The first-order valence-corrected chi connectivity index (χ1v) is 8.42. The summed E-state index contributed by atoms with van der Waals surface area (Å²) in [7, 11) is 0. The Morgan fingerprint density at radius 1 is 1.35 bits per heavy atom. The lowest BCUT2D eigenvalue weighted by Crippen LogP contribution is -2.44. The van der Waals surface area contributed by atoms with Crippen LogP contribution in [0.2, 0.25) is 10.0 Å². The van der Waals surface area contributed by atoms with E-state index >= 15 is 0 Å². The molecule has 1 saturated carbocycles. The molecule has 1 aliphatic rings. The van der Waals surface area contributed by atoms with Gasteiger partial charge in [0.1, 0.15) is 5.60 Å². The van der Waals surface area contributed by atoms with Gasteiger partial charge in [0.25, 0.3) is 0 Å². The van der Waals surface area contributed by atoms with Gasteiger partial charge in [-0.15, -0.1) is 0 Å². The molecular weight excluding hydrogens is 331 g/mol. The average Bonchev–Trinajstić information content (AvgIpc) is 3.04. The van der Waals surface area contributed by atoms with Crippen LogP contribution in [0.3, 0.4) is 0 Å². The number of benzene rings is 1. The zero-order valence-electron chi connectivity index (χ0n) is 13.3. The van der Waals surface area contributed by atoms with E-state index in [0.717, 1.165) is 24.0 Å². The van der Waals surface area contributed by atoms with Crippen LogP contribution in [-0.2, 0) is 6.54 Å². The average molecular weight is 351 g/mol. The third-order valence-corrected chi connectivity index (χ3v) is 5.50. The Bertz CT molecular complexity index is 737. The zero-order valence-corrected chi connectivity index (χ0v) is 14.8. The Labute approximate surface area is 146 Å². The molecule has 1 aliphatic carbocycles. The van der Waals surface area contributed by atoms with E-state index in [9.17, 15) is 5.11 Å². The van der Waals surface area contributed by atoms with Crippen LogP contribution in [0.25, 0.3) is 6.08 Å². The van der Waals surface area contributed by atoms with E-state index in [1.54, 1.807) is 18.6 Å². The molecule has 2 aromatic rings. The van der Waals surface area contributed by atoms with Gasteiger partial charge in [-0.1, -0.05) is 49.2 Å². The van der Waals surface area contributed by atoms with Crippen molar-refractivity contribution in [3.8, 4) is 0 Å². The van der Waals surface area contributed by atoms with E-state index in [4.69, 9.17) is 23.2 Å². The predicted octanol–water partition coefficient (Wildman–Crippen LogP) is 4.82. The van der Waals surface area contributed by atoms with E-state index in [1.165, 1.54) is 0 Å². The van der Waals surface area contributed by atoms with Crippen molar-refractivity contribution in [3.63, 3.8) is 0 Å². The van der Waals surface area contributed by atoms with Gasteiger partial charge in [0.2, 0.25) is 0 Å². The van der Waals surface area contributed by atoms with Gasteiger partial charge in [-0.3, -0.25) is 0 Å². The molecule has 1 fully saturated rings. The maximum atomic E-state index is 11.5. The highest BCUT2D eigenvalue weighted by Gasteiger charge is 2.51. The molecule has 3 nitrogen and oxygen atoms in total. The van der Waals surface area contributed by atoms with Gasteiger partial charge in [0.05, 0.1) is 12.9 Å². The monoisotopic (exact) mass is 350 g/mol. The van der Waals surface area contributed by atoms with Gasteiger partial charge >= 0.3 is 0 Å². The summed E-state index contributed by atoms with van der Waals surface area (Å²) in [6, 6.07) is 5.43. The molecule has 0 radical (unpaired) electrons. The fraction of sp³-hybridized carbons (Fsp3) is 0.389. The van der Waals surface area contributed by atoms with Crippen LogP contribution in [0, 0.1) is 5.41 Å². The van der Waals surface area contributed by atoms with Crippen molar-refractivity contribution in [1.82, 2.24) is 9.55 Å². The van der Waals surface area contributed by atoms with E-state index in [-0.39, 0.29) is 5.41 Å². The van der Waals surface area contributed by atoms with Gasteiger partial charge in [0.15, 0.2) is 0 Å². The molecule has 0 aliphatic heterocycles. The highest BCUT2D eigenvalue weighted by molar-refractivity contribution is 6.35. The Morgan fingerprint density at radius 3 is 2.78 bits per heavy atom. The minimum absolute atomic E-state index is 0.220. The van der Waals surface area contributed by atoms with Gasteiger partial charge in [-0.2, -0.15) is 0 Å². The molecule has 1 aromatic heterocycles. The number of hydrogen-bond donors (Lipinski definition) is 1. The molecular formula is C18H20Cl2N2O. The van der Waals surface area contributed by atoms with Gasteiger partial charge < -0.3 is 9.67 Å². The van der Waals surface area contributed by atoms with Crippen LogP contribution in [-0.4, -0.2) is 20.3 Å². The SMILES string of the molecule is CC1(C)CCC(=Cc2ccc(Cl)cc2Cl)C1(O)Cn1ccnc1. The molecule has 0 spiro atoms. The molecule has 5 heteroatoms. The highest BCUT2D eigenvalue weighted by Crippen LogP contribution is 2.51. The number of hydrogen-bond acceptors (Lipinski definition) is 2. The van der Waals surface area contributed by atoms with Gasteiger partial charge in [-0.05, 0) is 41.5 Å². The molecule has 1 aromatic carbocycles. The summed E-state index contributed by atoms with van der Waals surface area (Å²) >= 11 is 12.3. The van der Waals surface area contributed by atoms with Crippen molar-refractivity contribution in [2.75, 3.05) is 0 Å². The topological polar surface area (TPSA) is 38.0 Å². The minimum atomic E-state index is -0.934. The lowest BCUT2D eigenvalue weighted by Gasteiger charge is -2.38. The quantitative estimate of drug-likeness (QED) is 0.861. The first-order valence-electron chi connectivity index (χ1n) is 7.66. The second-order valence-electron chi connectivity index (χ2n) is 6.81. The number of aliphatic hydroxyl groups is 1. The summed E-state index contributed by atoms with van der Waals surface area (Å²) in [5, 5.41) is 12.7. The molecule has 0 bridgehead atoms. The molecule has 23 heavy (non-hydrogen) atoms. The maximum Gasteiger partial charge on any atom is 0.109 e. The normalized spacial score (nSPS) is 25.2. The number of aromatic nitrogens is 2. The van der Waals surface area contributed by atoms with E-state index < -0.39 is 5.60 Å². The minimum Gasteiger partial charge on any atom is -0.383 e. The summed E-state index contributed by atoms with van der Waals surface area (Å²) in [5.74, 6) is 0. The summed E-state index contributed by atoms with van der Waals surface area (Å²) in [4.78, 5) is 4.07. The lowest BCUT2D eigenvalue weighted by molar-refractivity contribution is -0.0272. The van der Waals surface area contributed by atoms with Crippen molar-refractivity contribution in [2.45, 2.75) is 38.8 Å². The van der Waals surface area contributed by atoms with Gasteiger partial charge in [-0.25, -0.2) is 4.98 Å². The van der Waals surface area contributed by atoms with Crippen LogP contribution in [0.5, 0.6) is 0 Å². The van der Waals surface area contributed by atoms with Crippen LogP contribution >= 0.6 is 23.2 Å². The number of rotatable bonds is 3. The molecule has 122 valence electrons. The zero-order chi connectivity index (χ0) is 16.7. The fourth-order valence-corrected chi connectivity index (χ4v) is 3.72. The Kier molecular flexibility index (Phi) is 4.30. The largest absolute Gasteiger partial charge is 0.383 e. The van der Waals surface area contributed by atoms with E-state index in [2.05, 4.69) is 18.8 Å². The fourth-order valence-electron chi connectivity index (χ4n) is 3.25. The van der Waals surface area contributed by atoms with Crippen molar-refractivity contribution < 1.29 is 5.11 Å². The molecule has 0 amide bonds. The van der Waals surface area contributed by atoms with Crippen LogP contribution < -0.4 is 0 Å². The summed E-state index contributed by atoms with van der Waals surface area (Å²) < 4.78 is 1.92. The van der Waals surface area contributed by atoms with Crippen molar-refractivity contribution >= 4 is 29.3 Å². The van der Waals surface area contributed by atoms with Crippen molar-refractivity contribution in [1.29, 1.82) is 0 Å². The number of halogens is 2. The second-order valence-corrected chi connectivity index (χ2v) is 7.66. The maximum absolute atomic E-state index is 11.5. The lowest BCUT2D eigenvalue weighted by atomic mass is 9.75. The number of imidazole rings is 1. The highest BCUT2D eigenvalue weighted by atomic mass is 35.5. The van der Waals surface area contributed by atoms with Crippen LogP contribution in [0.1, 0.15) is 32.3 Å². The van der Waals surface area contributed by atoms with Crippen LogP contribution in [0.4, 0.5) is 0 Å². The molecule has 0 saturated heterocycles. The van der Waals surface area contributed by atoms with Crippen molar-refractivity contribution in [3.05, 3.63) is 58.1 Å². The first-order chi connectivity index (χ1) is 10.8. The molecule has 3 rings (SSSR count). The smallest absolute Gasteiger partial charge is 0.109 e. The van der Waals surface area contributed by atoms with Crippen LogP contribution in [0.15, 0.2) is 42.5 Å².